The van der Waals surface area contributed by atoms with Gasteiger partial charge >= 0.3 is 0 Å². The highest BCUT2D eigenvalue weighted by Gasteiger charge is 2.30. The summed E-state index contributed by atoms with van der Waals surface area (Å²) in [4.78, 5) is 14.7. The summed E-state index contributed by atoms with van der Waals surface area (Å²) in [6.45, 7) is 6.20. The van der Waals surface area contributed by atoms with E-state index >= 15 is 0 Å². The SMILES string of the molecule is CCCCCCOc1ccccc1CN(C(=O)c1ccc(C(C=N)=CN)cc1)C(C)(C)O. The van der Waals surface area contributed by atoms with Gasteiger partial charge in [0.05, 0.1) is 13.2 Å². The molecule has 172 valence electrons. The number of nitrogens with one attached hydrogen (secondary N) is 1. The molecule has 0 aliphatic heterocycles. The average Bonchev–Trinajstić information content (AvgIpc) is 2.78. The van der Waals surface area contributed by atoms with Crippen molar-refractivity contribution in [2.75, 3.05) is 6.61 Å². The van der Waals surface area contributed by atoms with E-state index in [-0.39, 0.29) is 12.5 Å². The van der Waals surface area contributed by atoms with Crippen molar-refractivity contribution in [2.24, 2.45) is 5.73 Å². The molecule has 0 bridgehead atoms. The maximum absolute atomic E-state index is 13.3. The van der Waals surface area contributed by atoms with Crippen LogP contribution in [0.2, 0.25) is 0 Å². The second-order valence-electron chi connectivity index (χ2n) is 8.25. The number of hydrogen-bond donors (Lipinski definition) is 3. The quantitative estimate of drug-likeness (QED) is 0.248. The molecule has 0 saturated carbocycles. The summed E-state index contributed by atoms with van der Waals surface area (Å²) in [6, 6.07) is 14.5. The number of allylic oxidation sites excluding steroid dienone is 1. The van der Waals surface area contributed by atoms with Crippen LogP contribution in [0.1, 0.15) is 67.9 Å². The Morgan fingerprint density at radius 2 is 1.75 bits per heavy atom. The molecule has 2 aromatic carbocycles. The molecule has 6 nitrogen and oxygen atoms in total. The van der Waals surface area contributed by atoms with Gasteiger partial charge in [0, 0.05) is 29.1 Å². The van der Waals surface area contributed by atoms with Gasteiger partial charge in [0.2, 0.25) is 0 Å². The van der Waals surface area contributed by atoms with E-state index in [1.807, 2.05) is 24.3 Å². The van der Waals surface area contributed by atoms with E-state index in [4.69, 9.17) is 15.9 Å². The minimum Gasteiger partial charge on any atom is -0.493 e. The zero-order valence-electron chi connectivity index (χ0n) is 19.3. The molecular weight excluding hydrogens is 402 g/mol. The second kappa shape index (κ2) is 12.1. The van der Waals surface area contributed by atoms with Crippen molar-refractivity contribution in [3.63, 3.8) is 0 Å². The van der Waals surface area contributed by atoms with Gasteiger partial charge < -0.3 is 25.9 Å². The van der Waals surface area contributed by atoms with Crippen molar-refractivity contribution in [1.82, 2.24) is 4.90 Å². The smallest absolute Gasteiger partial charge is 0.256 e. The van der Waals surface area contributed by atoms with Gasteiger partial charge in [-0.3, -0.25) is 4.79 Å². The highest BCUT2D eigenvalue weighted by molar-refractivity contribution is 6.08. The zero-order chi connectivity index (χ0) is 23.6. The minimum atomic E-state index is -1.37. The number of nitrogens with zero attached hydrogens (tertiary/aromatic N) is 1. The normalized spacial score (nSPS) is 11.8. The summed E-state index contributed by atoms with van der Waals surface area (Å²) >= 11 is 0. The van der Waals surface area contributed by atoms with E-state index in [1.165, 1.54) is 30.2 Å². The van der Waals surface area contributed by atoms with E-state index < -0.39 is 5.72 Å². The Bertz CT molecular complexity index is 915. The highest BCUT2D eigenvalue weighted by atomic mass is 16.5. The molecule has 0 aliphatic carbocycles. The lowest BCUT2D eigenvalue weighted by atomic mass is 10.0. The van der Waals surface area contributed by atoms with E-state index in [0.29, 0.717) is 17.7 Å². The number of ether oxygens (including phenoxy) is 1. The molecule has 0 fully saturated rings. The number of rotatable bonds is 12. The molecule has 32 heavy (non-hydrogen) atoms. The molecule has 0 aliphatic rings. The van der Waals surface area contributed by atoms with Crippen molar-refractivity contribution in [3.8, 4) is 5.75 Å². The summed E-state index contributed by atoms with van der Waals surface area (Å²) in [5, 5.41) is 18.2. The lowest BCUT2D eigenvalue weighted by molar-refractivity contribution is -0.0628. The fourth-order valence-corrected chi connectivity index (χ4v) is 3.36. The van der Waals surface area contributed by atoms with Crippen molar-refractivity contribution in [3.05, 3.63) is 71.4 Å². The maximum Gasteiger partial charge on any atom is 0.256 e. The van der Waals surface area contributed by atoms with Gasteiger partial charge in [-0.1, -0.05) is 56.5 Å². The van der Waals surface area contributed by atoms with Crippen LogP contribution in [0.15, 0.2) is 54.7 Å². The largest absolute Gasteiger partial charge is 0.493 e. The van der Waals surface area contributed by atoms with E-state index in [1.54, 1.807) is 38.1 Å². The van der Waals surface area contributed by atoms with Gasteiger partial charge in [-0.25, -0.2) is 0 Å². The van der Waals surface area contributed by atoms with Crippen LogP contribution < -0.4 is 10.5 Å². The summed E-state index contributed by atoms with van der Waals surface area (Å²) in [5.74, 6) is 0.431. The number of aliphatic hydroxyl groups is 1. The lowest BCUT2D eigenvalue weighted by Gasteiger charge is -2.34. The number of para-hydroxylation sites is 1. The molecule has 6 heteroatoms. The van der Waals surface area contributed by atoms with Gasteiger partial charge in [0.1, 0.15) is 11.5 Å². The number of hydrogen-bond acceptors (Lipinski definition) is 5. The molecule has 0 radical (unpaired) electrons. The van der Waals surface area contributed by atoms with Gasteiger partial charge in [0.25, 0.3) is 5.91 Å². The summed E-state index contributed by atoms with van der Waals surface area (Å²) in [6.07, 6.45) is 6.99. The Labute approximate surface area is 191 Å². The van der Waals surface area contributed by atoms with Gasteiger partial charge in [-0.15, -0.1) is 0 Å². The van der Waals surface area contributed by atoms with Crippen LogP contribution in [0, 0.1) is 5.41 Å². The van der Waals surface area contributed by atoms with Gasteiger partial charge in [0.15, 0.2) is 0 Å². The summed E-state index contributed by atoms with van der Waals surface area (Å²) < 4.78 is 5.99. The Kier molecular flexibility index (Phi) is 9.47. The first-order chi connectivity index (χ1) is 15.3. The monoisotopic (exact) mass is 437 g/mol. The molecule has 0 atom stereocenters. The summed E-state index contributed by atoms with van der Waals surface area (Å²) in [7, 11) is 0. The van der Waals surface area contributed by atoms with Crippen molar-refractivity contribution in [1.29, 1.82) is 5.41 Å². The number of unbranched alkanes of at least 4 members (excludes halogenated alkanes) is 3. The van der Waals surface area contributed by atoms with Crippen LogP contribution in [-0.4, -0.2) is 34.5 Å². The van der Waals surface area contributed by atoms with Crippen molar-refractivity contribution >= 4 is 17.7 Å². The molecule has 0 unspecified atom stereocenters. The van der Waals surface area contributed by atoms with Crippen LogP contribution in [0.4, 0.5) is 0 Å². The number of nitrogens with two attached hydrogens (primary N) is 1. The lowest BCUT2D eigenvalue weighted by Crippen LogP contribution is -2.47. The number of benzene rings is 2. The molecule has 2 aromatic rings. The summed E-state index contributed by atoms with van der Waals surface area (Å²) in [5.41, 5.74) is 6.76. The topological polar surface area (TPSA) is 99.6 Å². The van der Waals surface area contributed by atoms with Crippen molar-refractivity contribution in [2.45, 2.75) is 58.7 Å². The minimum absolute atomic E-state index is 0.212. The molecule has 2 rings (SSSR count). The molecule has 4 N–H and O–H groups in total. The number of carbonyl (C=O) groups is 1. The third kappa shape index (κ3) is 6.95. The predicted molar refractivity (Wildman–Crippen MR) is 130 cm³/mol. The standard InChI is InChI=1S/C26H35N3O3/c1-4-5-6-9-16-32-24-11-8-7-10-22(24)19-29(26(2,3)31)25(30)21-14-12-20(13-15-21)23(17-27)18-28/h7-8,10-15,17-18,27,31H,4-6,9,16,19,28H2,1-3H3. The number of amides is 1. The van der Waals surface area contributed by atoms with Crippen LogP contribution in [0.3, 0.4) is 0 Å². The van der Waals surface area contributed by atoms with Gasteiger partial charge in [-0.05, 0) is 44.0 Å². The number of carbonyl (C=O) groups excluding carboxylic acids is 1. The molecule has 0 saturated heterocycles. The Morgan fingerprint density at radius 3 is 2.34 bits per heavy atom. The molecule has 0 spiro atoms. The Morgan fingerprint density at radius 1 is 1.09 bits per heavy atom. The molecule has 0 heterocycles. The third-order valence-electron chi connectivity index (χ3n) is 5.26. The Balaban J connectivity index is 2.21. The molecule has 0 aromatic heterocycles. The van der Waals surface area contributed by atoms with E-state index in [0.717, 1.165) is 29.7 Å². The average molecular weight is 438 g/mol. The first-order valence-electron chi connectivity index (χ1n) is 11.1. The predicted octanol–water partition coefficient (Wildman–Crippen LogP) is 4.97. The van der Waals surface area contributed by atoms with Crippen molar-refractivity contribution < 1.29 is 14.6 Å². The van der Waals surface area contributed by atoms with E-state index in [9.17, 15) is 9.90 Å². The van der Waals surface area contributed by atoms with Crippen LogP contribution in [0.25, 0.3) is 5.57 Å². The Hall–Kier alpha value is -3.12. The first kappa shape index (κ1) is 25.1. The first-order valence-corrected chi connectivity index (χ1v) is 11.1. The second-order valence-corrected chi connectivity index (χ2v) is 8.25. The van der Waals surface area contributed by atoms with Crippen LogP contribution in [0.5, 0.6) is 5.75 Å². The zero-order valence-corrected chi connectivity index (χ0v) is 19.3. The van der Waals surface area contributed by atoms with E-state index in [2.05, 4.69) is 6.92 Å². The molecule has 1 amide bonds. The highest BCUT2D eigenvalue weighted by Crippen LogP contribution is 2.25. The fourth-order valence-electron chi connectivity index (χ4n) is 3.36. The maximum atomic E-state index is 13.3. The fraction of sp³-hybridized carbons (Fsp3) is 0.385. The third-order valence-corrected chi connectivity index (χ3v) is 5.26. The molecular formula is C26H35N3O3. The van der Waals surface area contributed by atoms with Crippen LogP contribution >= 0.6 is 0 Å². The van der Waals surface area contributed by atoms with Gasteiger partial charge in [-0.2, -0.15) is 0 Å². The van der Waals surface area contributed by atoms with Crippen LogP contribution in [-0.2, 0) is 6.54 Å².